The minimum atomic E-state index is -1.11. The molecule has 1 saturated heterocycles. The van der Waals surface area contributed by atoms with Crippen molar-refractivity contribution in [2.45, 2.75) is 12.8 Å². The molecule has 0 amide bonds. The first-order chi connectivity index (χ1) is 20.0. The Bertz CT molecular complexity index is 1680. The molecule has 0 saturated carbocycles. The third-order valence-corrected chi connectivity index (χ3v) is 6.77. The molecule has 5 aromatic rings. The number of hydrogen-bond donors (Lipinski definition) is 2. The quantitative estimate of drug-likeness (QED) is 0.260. The molecule has 6 rings (SSSR count). The van der Waals surface area contributed by atoms with Crippen LogP contribution in [0.1, 0.15) is 27.9 Å². The van der Waals surface area contributed by atoms with E-state index in [1.807, 2.05) is 78.7 Å². The van der Waals surface area contributed by atoms with Crippen LogP contribution in [0.2, 0.25) is 0 Å². The lowest BCUT2D eigenvalue weighted by molar-refractivity contribution is -0.0443. The van der Waals surface area contributed by atoms with Crippen molar-refractivity contribution in [2.75, 3.05) is 37.6 Å². The molecule has 0 unspecified atom stereocenters. The minimum absolute atomic E-state index is 0.0315. The van der Waals surface area contributed by atoms with Crippen molar-refractivity contribution in [1.29, 1.82) is 0 Å². The molecular formula is C30H28N6O5. The van der Waals surface area contributed by atoms with Crippen molar-refractivity contribution < 1.29 is 24.1 Å². The molecule has 1 fully saturated rings. The lowest BCUT2D eigenvalue weighted by atomic mass is 10.1. The highest BCUT2D eigenvalue weighted by Gasteiger charge is 2.20. The van der Waals surface area contributed by atoms with Crippen molar-refractivity contribution in [3.63, 3.8) is 0 Å². The summed E-state index contributed by atoms with van der Waals surface area (Å²) in [5.41, 5.74) is 5.52. The Morgan fingerprint density at radius 2 is 1.88 bits per heavy atom. The average Bonchev–Trinajstić information content (AvgIpc) is 3.68. The molecule has 0 bridgehead atoms. The summed E-state index contributed by atoms with van der Waals surface area (Å²) >= 11 is 0. The van der Waals surface area contributed by atoms with Gasteiger partial charge in [-0.15, -0.1) is 5.10 Å². The summed E-state index contributed by atoms with van der Waals surface area (Å²) in [6.07, 6.45) is 2.70. The van der Waals surface area contributed by atoms with E-state index in [1.165, 1.54) is 10.7 Å². The summed E-state index contributed by atoms with van der Waals surface area (Å²) in [4.78, 5) is 22.9. The van der Waals surface area contributed by atoms with Crippen LogP contribution in [-0.4, -0.2) is 58.0 Å². The van der Waals surface area contributed by atoms with Crippen molar-refractivity contribution in [1.82, 2.24) is 19.6 Å². The van der Waals surface area contributed by atoms with Gasteiger partial charge in [-0.1, -0.05) is 30.3 Å². The van der Waals surface area contributed by atoms with E-state index in [-0.39, 0.29) is 12.0 Å². The van der Waals surface area contributed by atoms with Gasteiger partial charge in [-0.05, 0) is 35.9 Å². The zero-order valence-electron chi connectivity index (χ0n) is 22.5. The number of benzene rings is 2. The topological polar surface area (TPSA) is 123 Å². The number of carboxylic acid groups (broad SMARTS) is 1. The normalized spacial score (nSPS) is 13.4. The maximum atomic E-state index is 11.9. The molecule has 0 spiro atoms. The molecule has 3 aromatic heterocycles. The van der Waals surface area contributed by atoms with Crippen molar-refractivity contribution >= 4 is 28.8 Å². The van der Waals surface area contributed by atoms with E-state index in [2.05, 4.69) is 20.4 Å². The van der Waals surface area contributed by atoms with E-state index in [0.29, 0.717) is 31.2 Å². The van der Waals surface area contributed by atoms with E-state index >= 15 is 0 Å². The number of carboxylic acids is 1. The SMILES string of the molecule is COc1ccc(CN(C)c2cc(Nc3cccc(-c4ccc(C5OCCO5)cn4)c3)nn3c(C(=O)O)cnc23)cc1. The standard InChI is InChI=1S/C30H28N6O5/c1-35(18-19-6-9-23(39-2)10-7-19)25-15-27(34-36-26(29(37)38)17-32-28(25)36)33-22-5-3-4-20(14-22)24-11-8-21(16-31-24)30-40-12-13-41-30/h3-11,14-17,30H,12-13,18H2,1-2H3,(H,33,34)(H,37,38). The maximum Gasteiger partial charge on any atom is 0.356 e. The molecule has 0 aliphatic carbocycles. The van der Waals surface area contributed by atoms with E-state index in [0.717, 1.165) is 39.5 Å². The number of pyridine rings is 1. The molecular weight excluding hydrogens is 524 g/mol. The predicted molar refractivity (Wildman–Crippen MR) is 153 cm³/mol. The molecule has 11 heteroatoms. The van der Waals surface area contributed by atoms with Gasteiger partial charge in [0.2, 0.25) is 0 Å². The fourth-order valence-electron chi connectivity index (χ4n) is 4.70. The molecule has 208 valence electrons. The van der Waals surface area contributed by atoms with Gasteiger partial charge in [0.15, 0.2) is 23.4 Å². The molecule has 0 radical (unpaired) electrons. The number of nitrogens with one attached hydrogen (secondary N) is 1. The highest BCUT2D eigenvalue weighted by Crippen LogP contribution is 2.29. The first-order valence-corrected chi connectivity index (χ1v) is 13.0. The summed E-state index contributed by atoms with van der Waals surface area (Å²) < 4.78 is 17.7. The maximum absolute atomic E-state index is 11.9. The van der Waals surface area contributed by atoms with Crippen LogP contribution >= 0.6 is 0 Å². The zero-order chi connectivity index (χ0) is 28.3. The number of imidazole rings is 1. The van der Waals surface area contributed by atoms with Crippen LogP contribution in [0.25, 0.3) is 16.9 Å². The predicted octanol–water partition coefficient (Wildman–Crippen LogP) is 4.92. The van der Waals surface area contributed by atoms with Gasteiger partial charge >= 0.3 is 5.97 Å². The Labute approximate surface area is 236 Å². The Balaban J connectivity index is 1.29. The second-order valence-electron chi connectivity index (χ2n) is 9.56. The van der Waals surface area contributed by atoms with Gasteiger partial charge < -0.3 is 29.5 Å². The number of fused-ring (bicyclic) bond motifs is 1. The Hall–Kier alpha value is -5.00. The minimum Gasteiger partial charge on any atom is -0.497 e. The number of hydrogen-bond acceptors (Lipinski definition) is 9. The highest BCUT2D eigenvalue weighted by molar-refractivity contribution is 5.88. The summed E-state index contributed by atoms with van der Waals surface area (Å²) in [6.45, 7) is 1.71. The first kappa shape index (κ1) is 26.2. The molecule has 0 atom stereocenters. The van der Waals surface area contributed by atoms with E-state index < -0.39 is 5.97 Å². The van der Waals surface area contributed by atoms with Gasteiger partial charge in [0.1, 0.15) is 5.75 Å². The van der Waals surface area contributed by atoms with Gasteiger partial charge in [0.25, 0.3) is 0 Å². The number of carbonyl (C=O) groups is 1. The number of anilines is 3. The molecule has 4 heterocycles. The molecule has 2 N–H and O–H groups in total. The van der Waals surface area contributed by atoms with Gasteiger partial charge in [-0.25, -0.2) is 14.3 Å². The fraction of sp³-hybridized carbons (Fsp3) is 0.200. The van der Waals surface area contributed by atoms with Gasteiger partial charge in [-0.3, -0.25) is 4.98 Å². The van der Waals surface area contributed by atoms with Crippen LogP contribution in [0.15, 0.2) is 79.1 Å². The van der Waals surface area contributed by atoms with Crippen LogP contribution < -0.4 is 15.0 Å². The Kier molecular flexibility index (Phi) is 7.19. The van der Waals surface area contributed by atoms with E-state index in [1.54, 1.807) is 13.3 Å². The lowest BCUT2D eigenvalue weighted by Gasteiger charge is -2.21. The second-order valence-corrected chi connectivity index (χ2v) is 9.56. The molecule has 11 nitrogen and oxygen atoms in total. The van der Waals surface area contributed by atoms with E-state index in [9.17, 15) is 9.90 Å². The van der Waals surface area contributed by atoms with Crippen LogP contribution in [0.3, 0.4) is 0 Å². The highest BCUT2D eigenvalue weighted by atomic mass is 16.7. The number of aromatic nitrogens is 4. The molecule has 2 aromatic carbocycles. The average molecular weight is 553 g/mol. The monoisotopic (exact) mass is 552 g/mol. The van der Waals surface area contributed by atoms with E-state index in [4.69, 9.17) is 14.2 Å². The largest absolute Gasteiger partial charge is 0.497 e. The zero-order valence-corrected chi connectivity index (χ0v) is 22.5. The third-order valence-electron chi connectivity index (χ3n) is 6.77. The van der Waals surface area contributed by atoms with Gasteiger partial charge in [0.05, 0.1) is 37.9 Å². The van der Waals surface area contributed by atoms with Gasteiger partial charge in [-0.2, -0.15) is 0 Å². The number of nitrogens with zero attached hydrogens (tertiary/aromatic N) is 5. The Morgan fingerprint density at radius 1 is 1.07 bits per heavy atom. The molecule has 1 aliphatic heterocycles. The lowest BCUT2D eigenvalue weighted by Crippen LogP contribution is -2.19. The van der Waals surface area contributed by atoms with Crippen LogP contribution in [0.5, 0.6) is 5.75 Å². The fourth-order valence-corrected chi connectivity index (χ4v) is 4.70. The number of rotatable bonds is 9. The number of ether oxygens (including phenoxy) is 3. The van der Waals surface area contributed by atoms with Crippen molar-refractivity contribution in [3.05, 3.63) is 95.9 Å². The summed E-state index contributed by atoms with van der Waals surface area (Å²) in [7, 11) is 3.56. The summed E-state index contributed by atoms with van der Waals surface area (Å²) in [6, 6.07) is 21.3. The molecule has 1 aliphatic rings. The first-order valence-electron chi connectivity index (χ1n) is 13.0. The van der Waals surface area contributed by atoms with Crippen LogP contribution in [0.4, 0.5) is 17.2 Å². The smallest absolute Gasteiger partial charge is 0.356 e. The molecule has 41 heavy (non-hydrogen) atoms. The number of aromatic carboxylic acids is 1. The van der Waals surface area contributed by atoms with Crippen molar-refractivity contribution in [3.8, 4) is 17.0 Å². The van der Waals surface area contributed by atoms with Gasteiger partial charge in [0, 0.05) is 42.7 Å². The van der Waals surface area contributed by atoms with Crippen LogP contribution in [0, 0.1) is 0 Å². The Morgan fingerprint density at radius 3 is 2.59 bits per heavy atom. The summed E-state index contributed by atoms with van der Waals surface area (Å²) in [5.74, 6) is 0.125. The third kappa shape index (κ3) is 5.53. The second kappa shape index (κ2) is 11.2. The summed E-state index contributed by atoms with van der Waals surface area (Å²) in [5, 5.41) is 17.6. The number of methoxy groups -OCH3 is 1. The van der Waals surface area contributed by atoms with Crippen LogP contribution in [-0.2, 0) is 16.0 Å². The van der Waals surface area contributed by atoms with Crippen molar-refractivity contribution in [2.24, 2.45) is 0 Å².